The minimum Gasteiger partial charge on any atom is -0.477 e. The Hall–Kier alpha value is -1.21. The number of hydrogen-bond acceptors (Lipinski definition) is 4. The van der Waals surface area contributed by atoms with Gasteiger partial charge in [0.2, 0.25) is 0 Å². The largest absolute Gasteiger partial charge is 0.477 e. The molecule has 3 N–H and O–H groups in total. The third-order valence-electron chi connectivity index (χ3n) is 2.22. The summed E-state index contributed by atoms with van der Waals surface area (Å²) in [5.74, 6) is -1.48. The SMILES string of the molecule is C[C@@H](CNC(=O)c1ccc(Br)s1)CC(=N)C(=O)O. The molecule has 1 atom stereocenters. The van der Waals surface area contributed by atoms with Crippen LogP contribution < -0.4 is 5.32 Å². The van der Waals surface area contributed by atoms with Gasteiger partial charge in [0.05, 0.1) is 8.66 Å². The normalized spacial score (nSPS) is 11.9. The summed E-state index contributed by atoms with van der Waals surface area (Å²) in [6, 6.07) is 3.51. The number of rotatable bonds is 6. The van der Waals surface area contributed by atoms with Gasteiger partial charge in [0.15, 0.2) is 0 Å². The van der Waals surface area contributed by atoms with E-state index >= 15 is 0 Å². The number of carbonyl (C=O) groups excluding carboxylic acids is 1. The lowest BCUT2D eigenvalue weighted by Gasteiger charge is -2.11. The average molecular weight is 333 g/mol. The van der Waals surface area contributed by atoms with Crippen molar-refractivity contribution in [3.05, 3.63) is 20.8 Å². The molecule has 1 rings (SSSR count). The first-order valence-corrected chi connectivity index (χ1v) is 6.85. The summed E-state index contributed by atoms with van der Waals surface area (Å²) < 4.78 is 0.883. The molecule has 7 heteroatoms. The lowest BCUT2D eigenvalue weighted by molar-refractivity contribution is -0.129. The Balaban J connectivity index is 2.39. The molecule has 1 amide bonds. The highest BCUT2D eigenvalue weighted by atomic mass is 79.9. The maximum absolute atomic E-state index is 11.7. The van der Waals surface area contributed by atoms with E-state index in [1.165, 1.54) is 11.3 Å². The molecule has 0 aromatic carbocycles. The van der Waals surface area contributed by atoms with E-state index in [0.29, 0.717) is 11.4 Å². The second-order valence-corrected chi connectivity index (χ2v) is 6.37. The maximum Gasteiger partial charge on any atom is 0.349 e. The van der Waals surface area contributed by atoms with Crippen LogP contribution >= 0.6 is 27.3 Å². The third-order valence-corrected chi connectivity index (χ3v) is 3.84. The number of carboxylic acids is 1. The highest BCUT2D eigenvalue weighted by Crippen LogP contribution is 2.21. The van der Waals surface area contributed by atoms with E-state index in [4.69, 9.17) is 10.5 Å². The Morgan fingerprint density at radius 1 is 1.56 bits per heavy atom. The molecule has 1 aromatic rings. The number of carboxylic acid groups (broad SMARTS) is 1. The summed E-state index contributed by atoms with van der Waals surface area (Å²) in [5.41, 5.74) is -0.337. The van der Waals surface area contributed by atoms with E-state index < -0.39 is 5.97 Å². The van der Waals surface area contributed by atoms with Gasteiger partial charge in [-0.3, -0.25) is 10.2 Å². The topological polar surface area (TPSA) is 90.3 Å². The zero-order valence-electron chi connectivity index (χ0n) is 9.70. The van der Waals surface area contributed by atoms with E-state index in [9.17, 15) is 9.59 Å². The molecule has 0 fully saturated rings. The van der Waals surface area contributed by atoms with Crippen LogP contribution in [-0.2, 0) is 4.79 Å². The highest BCUT2D eigenvalue weighted by molar-refractivity contribution is 9.11. The molecule has 0 aliphatic rings. The third kappa shape index (κ3) is 4.58. The van der Waals surface area contributed by atoms with Crippen molar-refractivity contribution in [1.82, 2.24) is 5.32 Å². The van der Waals surface area contributed by atoms with E-state index in [1.807, 2.05) is 0 Å². The minimum atomic E-state index is -1.21. The average Bonchev–Trinajstić information content (AvgIpc) is 2.72. The van der Waals surface area contributed by atoms with E-state index in [-0.39, 0.29) is 24.0 Å². The van der Waals surface area contributed by atoms with Crippen LogP contribution in [0.3, 0.4) is 0 Å². The van der Waals surface area contributed by atoms with Crippen molar-refractivity contribution >= 4 is 44.9 Å². The molecule has 0 saturated heterocycles. The lowest BCUT2D eigenvalue weighted by atomic mass is 10.0. The number of aliphatic carboxylic acids is 1. The predicted molar refractivity (Wildman–Crippen MR) is 73.5 cm³/mol. The van der Waals surface area contributed by atoms with E-state index in [0.717, 1.165) is 3.79 Å². The maximum atomic E-state index is 11.7. The van der Waals surface area contributed by atoms with Crippen molar-refractivity contribution in [3.8, 4) is 0 Å². The zero-order chi connectivity index (χ0) is 13.7. The molecular weight excluding hydrogens is 320 g/mol. The minimum absolute atomic E-state index is 0.0825. The molecule has 18 heavy (non-hydrogen) atoms. The van der Waals surface area contributed by atoms with Crippen molar-refractivity contribution in [2.24, 2.45) is 5.92 Å². The van der Waals surface area contributed by atoms with E-state index in [2.05, 4.69) is 21.2 Å². The summed E-state index contributed by atoms with van der Waals surface area (Å²) in [7, 11) is 0. The number of hydrogen-bond donors (Lipinski definition) is 3. The van der Waals surface area contributed by atoms with Gasteiger partial charge in [-0.05, 0) is 34.0 Å². The van der Waals surface area contributed by atoms with Crippen LogP contribution in [0.2, 0.25) is 0 Å². The number of carbonyl (C=O) groups is 2. The summed E-state index contributed by atoms with van der Waals surface area (Å²) in [6.07, 6.45) is 0.143. The van der Waals surface area contributed by atoms with Crippen molar-refractivity contribution in [2.45, 2.75) is 13.3 Å². The highest BCUT2D eigenvalue weighted by Gasteiger charge is 2.14. The van der Waals surface area contributed by atoms with Crippen molar-refractivity contribution < 1.29 is 14.7 Å². The fraction of sp³-hybridized carbons (Fsp3) is 0.364. The monoisotopic (exact) mass is 332 g/mol. The number of nitrogens with one attached hydrogen (secondary N) is 2. The lowest BCUT2D eigenvalue weighted by Crippen LogP contribution is -2.29. The van der Waals surface area contributed by atoms with Crippen LogP contribution in [0.25, 0.3) is 0 Å². The number of amides is 1. The summed E-state index contributed by atoms with van der Waals surface area (Å²) in [5, 5.41) is 18.5. The van der Waals surface area contributed by atoms with Crippen LogP contribution in [0.1, 0.15) is 23.0 Å². The smallest absolute Gasteiger partial charge is 0.349 e. The molecular formula is C11H13BrN2O3S. The second-order valence-electron chi connectivity index (χ2n) is 3.91. The molecule has 0 saturated carbocycles. The summed E-state index contributed by atoms with van der Waals surface area (Å²) >= 11 is 4.61. The Morgan fingerprint density at radius 3 is 2.72 bits per heavy atom. The number of thiophene rings is 1. The fourth-order valence-electron chi connectivity index (χ4n) is 1.30. The summed E-state index contributed by atoms with van der Waals surface area (Å²) in [6.45, 7) is 2.14. The standard InChI is InChI=1S/C11H13BrN2O3S/c1-6(4-7(13)11(16)17)5-14-10(15)8-2-3-9(12)18-8/h2-3,6,13H,4-5H2,1H3,(H,14,15)(H,16,17)/t6-/m1/s1. The van der Waals surface area contributed by atoms with Crippen LogP contribution in [0.4, 0.5) is 0 Å². The van der Waals surface area contributed by atoms with Crippen LogP contribution in [0, 0.1) is 11.3 Å². The van der Waals surface area contributed by atoms with Crippen LogP contribution in [0.15, 0.2) is 15.9 Å². The van der Waals surface area contributed by atoms with Crippen molar-refractivity contribution in [2.75, 3.05) is 6.54 Å². The first kappa shape index (κ1) is 14.8. The van der Waals surface area contributed by atoms with Gasteiger partial charge >= 0.3 is 5.97 Å². The fourth-order valence-corrected chi connectivity index (χ4v) is 2.60. The summed E-state index contributed by atoms with van der Waals surface area (Å²) in [4.78, 5) is 22.8. The number of halogens is 1. The van der Waals surface area contributed by atoms with Gasteiger partial charge in [0, 0.05) is 13.0 Å². The molecule has 1 heterocycles. The molecule has 0 aliphatic heterocycles. The van der Waals surface area contributed by atoms with Crippen molar-refractivity contribution in [3.63, 3.8) is 0 Å². The van der Waals surface area contributed by atoms with Crippen LogP contribution in [-0.4, -0.2) is 29.2 Å². The van der Waals surface area contributed by atoms with Crippen LogP contribution in [0.5, 0.6) is 0 Å². The van der Waals surface area contributed by atoms with Gasteiger partial charge in [-0.25, -0.2) is 4.79 Å². The first-order chi connectivity index (χ1) is 8.40. The molecule has 0 spiro atoms. The molecule has 98 valence electrons. The Labute approximate surface area is 117 Å². The van der Waals surface area contributed by atoms with Gasteiger partial charge in [0.25, 0.3) is 5.91 Å². The first-order valence-electron chi connectivity index (χ1n) is 5.24. The van der Waals surface area contributed by atoms with Gasteiger partial charge < -0.3 is 10.4 Å². The molecule has 0 radical (unpaired) electrons. The Bertz CT molecular complexity index is 473. The molecule has 0 bridgehead atoms. The van der Waals surface area contributed by atoms with Gasteiger partial charge in [-0.2, -0.15) is 0 Å². The predicted octanol–water partition coefficient (Wildman–Crippen LogP) is 2.37. The van der Waals surface area contributed by atoms with E-state index in [1.54, 1.807) is 19.1 Å². The zero-order valence-corrected chi connectivity index (χ0v) is 12.1. The molecule has 1 aromatic heterocycles. The Morgan fingerprint density at radius 2 is 2.22 bits per heavy atom. The molecule has 0 aliphatic carbocycles. The second kappa shape index (κ2) is 6.65. The van der Waals surface area contributed by atoms with Gasteiger partial charge in [-0.1, -0.05) is 6.92 Å². The quantitative estimate of drug-likeness (QED) is 0.698. The van der Waals surface area contributed by atoms with Gasteiger partial charge in [-0.15, -0.1) is 11.3 Å². The molecule has 0 unspecified atom stereocenters. The van der Waals surface area contributed by atoms with Crippen molar-refractivity contribution in [1.29, 1.82) is 5.41 Å². The van der Waals surface area contributed by atoms with Gasteiger partial charge in [0.1, 0.15) is 5.71 Å². The molecule has 5 nitrogen and oxygen atoms in total. The Kier molecular flexibility index (Phi) is 5.49.